The van der Waals surface area contributed by atoms with Crippen LogP contribution in [0.2, 0.25) is 0 Å². The number of rotatable bonds is 4. The Bertz CT molecular complexity index is 716. The first-order chi connectivity index (χ1) is 10.5. The maximum atomic E-state index is 11.7. The van der Waals surface area contributed by atoms with Crippen LogP contribution in [0.5, 0.6) is 0 Å². The molecular weight excluding hydrogens is 298 g/mol. The molecule has 1 aromatic heterocycles. The van der Waals surface area contributed by atoms with Gasteiger partial charge in [-0.05, 0) is 38.0 Å². The Morgan fingerprint density at radius 3 is 2.73 bits per heavy atom. The number of para-hydroxylation sites is 1. The first-order valence-electron chi connectivity index (χ1n) is 7.08. The van der Waals surface area contributed by atoms with E-state index in [0.29, 0.717) is 6.54 Å². The number of urea groups is 1. The Hall–Kier alpha value is -2.08. The summed E-state index contributed by atoms with van der Waals surface area (Å²) in [4.78, 5) is 27.6. The van der Waals surface area contributed by atoms with Crippen molar-refractivity contribution in [1.29, 1.82) is 0 Å². The number of aromatic nitrogens is 1. The zero-order valence-corrected chi connectivity index (χ0v) is 13.7. The van der Waals surface area contributed by atoms with Gasteiger partial charge >= 0.3 is 6.03 Å². The second kappa shape index (κ2) is 7.26. The van der Waals surface area contributed by atoms with E-state index >= 15 is 0 Å². The zero-order chi connectivity index (χ0) is 16.1. The molecule has 0 aliphatic carbocycles. The summed E-state index contributed by atoms with van der Waals surface area (Å²) < 4.78 is 0. The lowest BCUT2D eigenvalue weighted by Gasteiger charge is -2.08. The first kappa shape index (κ1) is 16.3. The van der Waals surface area contributed by atoms with Gasteiger partial charge in [-0.25, -0.2) is 9.78 Å². The van der Waals surface area contributed by atoms with Gasteiger partial charge in [0, 0.05) is 11.9 Å². The van der Waals surface area contributed by atoms with E-state index in [9.17, 15) is 9.59 Å². The quantitative estimate of drug-likeness (QED) is 0.851. The molecule has 5 nitrogen and oxygen atoms in total. The molecule has 2 rings (SSSR count). The SMILES string of the molecule is CCNC(=O)NC(=O)CSc1cc(C)c2cccc(C)c2n1. The molecule has 1 aromatic carbocycles. The number of carbonyl (C=O) groups is 2. The van der Waals surface area contributed by atoms with E-state index in [4.69, 9.17) is 0 Å². The standard InChI is InChI=1S/C16H19N3O2S/c1-4-17-16(21)18-13(20)9-22-14-8-11(3)12-7-5-6-10(2)15(12)19-14/h5-8H,4,9H2,1-3H3,(H2,17,18,20,21). The molecular formula is C16H19N3O2S. The lowest BCUT2D eigenvalue weighted by atomic mass is 10.1. The van der Waals surface area contributed by atoms with Crippen molar-refractivity contribution in [3.63, 3.8) is 0 Å². The topological polar surface area (TPSA) is 71.1 Å². The molecule has 0 spiro atoms. The largest absolute Gasteiger partial charge is 0.338 e. The van der Waals surface area contributed by atoms with E-state index in [1.165, 1.54) is 11.8 Å². The van der Waals surface area contributed by atoms with E-state index in [1.807, 2.05) is 38.1 Å². The van der Waals surface area contributed by atoms with E-state index in [2.05, 4.69) is 15.6 Å². The lowest BCUT2D eigenvalue weighted by Crippen LogP contribution is -2.40. The average Bonchev–Trinajstić information content (AvgIpc) is 2.46. The number of hydrogen-bond donors (Lipinski definition) is 2. The molecule has 0 atom stereocenters. The summed E-state index contributed by atoms with van der Waals surface area (Å²) in [6, 6.07) is 7.57. The van der Waals surface area contributed by atoms with Crippen LogP contribution in [0.15, 0.2) is 29.3 Å². The van der Waals surface area contributed by atoms with E-state index < -0.39 is 6.03 Å². The van der Waals surface area contributed by atoms with Gasteiger partial charge in [-0.3, -0.25) is 10.1 Å². The summed E-state index contributed by atoms with van der Waals surface area (Å²) in [7, 11) is 0. The third-order valence-corrected chi connectivity index (χ3v) is 4.08. The molecule has 0 unspecified atom stereocenters. The zero-order valence-electron chi connectivity index (χ0n) is 12.9. The number of thioether (sulfide) groups is 1. The summed E-state index contributed by atoms with van der Waals surface area (Å²) in [6.45, 7) is 6.33. The minimum absolute atomic E-state index is 0.154. The maximum Gasteiger partial charge on any atom is 0.321 e. The van der Waals surface area contributed by atoms with Gasteiger partial charge in [0.2, 0.25) is 5.91 Å². The van der Waals surface area contributed by atoms with Gasteiger partial charge in [-0.2, -0.15) is 0 Å². The number of fused-ring (bicyclic) bond motifs is 1. The number of benzene rings is 1. The maximum absolute atomic E-state index is 11.7. The van der Waals surface area contributed by atoms with Gasteiger partial charge in [-0.1, -0.05) is 30.0 Å². The summed E-state index contributed by atoms with van der Waals surface area (Å²) in [5.41, 5.74) is 3.18. The highest BCUT2D eigenvalue weighted by Gasteiger charge is 2.10. The molecule has 0 fully saturated rings. The molecule has 116 valence electrons. The van der Waals surface area contributed by atoms with Crippen molar-refractivity contribution in [2.75, 3.05) is 12.3 Å². The number of imide groups is 1. The van der Waals surface area contributed by atoms with Crippen LogP contribution in [0.4, 0.5) is 4.79 Å². The van der Waals surface area contributed by atoms with Crippen LogP contribution in [0, 0.1) is 13.8 Å². The molecule has 2 aromatic rings. The van der Waals surface area contributed by atoms with E-state index in [1.54, 1.807) is 6.92 Å². The minimum atomic E-state index is -0.466. The number of nitrogens with one attached hydrogen (secondary N) is 2. The van der Waals surface area contributed by atoms with Gasteiger partial charge in [0.1, 0.15) is 0 Å². The molecule has 1 heterocycles. The molecule has 2 N–H and O–H groups in total. The third kappa shape index (κ3) is 3.98. The Morgan fingerprint density at radius 2 is 2.00 bits per heavy atom. The van der Waals surface area contributed by atoms with Crippen molar-refractivity contribution >= 4 is 34.6 Å². The second-order valence-corrected chi connectivity index (χ2v) is 5.94. The first-order valence-corrected chi connectivity index (χ1v) is 8.07. The highest BCUT2D eigenvalue weighted by atomic mass is 32.2. The van der Waals surface area contributed by atoms with Crippen LogP contribution < -0.4 is 10.6 Å². The predicted molar refractivity (Wildman–Crippen MR) is 89.2 cm³/mol. The fourth-order valence-electron chi connectivity index (χ4n) is 2.11. The molecule has 6 heteroatoms. The number of carbonyl (C=O) groups excluding carboxylic acids is 2. The average molecular weight is 317 g/mol. The molecule has 0 saturated heterocycles. The summed E-state index contributed by atoms with van der Waals surface area (Å²) in [6.07, 6.45) is 0. The molecule has 3 amide bonds. The van der Waals surface area contributed by atoms with Crippen molar-refractivity contribution in [3.05, 3.63) is 35.4 Å². The van der Waals surface area contributed by atoms with Gasteiger partial charge in [0.25, 0.3) is 0 Å². The summed E-state index contributed by atoms with van der Waals surface area (Å²) in [5, 5.41) is 6.70. The third-order valence-electron chi connectivity index (χ3n) is 3.17. The molecule has 22 heavy (non-hydrogen) atoms. The van der Waals surface area contributed by atoms with Crippen molar-refractivity contribution in [1.82, 2.24) is 15.6 Å². The summed E-state index contributed by atoms with van der Waals surface area (Å²) in [5.74, 6) is -0.179. The van der Waals surface area contributed by atoms with Crippen LogP contribution in [-0.4, -0.2) is 29.2 Å². The number of pyridine rings is 1. The van der Waals surface area contributed by atoms with Gasteiger partial charge in [-0.15, -0.1) is 0 Å². The molecule has 0 bridgehead atoms. The lowest BCUT2D eigenvalue weighted by molar-refractivity contribution is -0.117. The van der Waals surface area contributed by atoms with Crippen LogP contribution in [-0.2, 0) is 4.79 Å². The highest BCUT2D eigenvalue weighted by molar-refractivity contribution is 7.99. The minimum Gasteiger partial charge on any atom is -0.338 e. The van der Waals surface area contributed by atoms with Crippen LogP contribution in [0.1, 0.15) is 18.1 Å². The molecule has 0 radical (unpaired) electrons. The Balaban J connectivity index is 2.07. The fraction of sp³-hybridized carbons (Fsp3) is 0.312. The smallest absolute Gasteiger partial charge is 0.321 e. The Labute approximate surface area is 133 Å². The second-order valence-electron chi connectivity index (χ2n) is 4.94. The fourth-order valence-corrected chi connectivity index (χ4v) is 2.88. The van der Waals surface area contributed by atoms with Gasteiger partial charge in [0.05, 0.1) is 16.3 Å². The van der Waals surface area contributed by atoms with Crippen molar-refractivity contribution in [3.8, 4) is 0 Å². The number of amides is 3. The number of nitrogens with zero attached hydrogens (tertiary/aromatic N) is 1. The number of hydrogen-bond acceptors (Lipinski definition) is 4. The molecule has 0 saturated carbocycles. The van der Waals surface area contributed by atoms with Gasteiger partial charge < -0.3 is 5.32 Å². The Kier molecular flexibility index (Phi) is 5.38. The van der Waals surface area contributed by atoms with Crippen LogP contribution in [0.3, 0.4) is 0 Å². The van der Waals surface area contributed by atoms with Crippen molar-refractivity contribution in [2.24, 2.45) is 0 Å². The highest BCUT2D eigenvalue weighted by Crippen LogP contribution is 2.25. The summed E-state index contributed by atoms with van der Waals surface area (Å²) >= 11 is 1.32. The Morgan fingerprint density at radius 1 is 1.23 bits per heavy atom. The van der Waals surface area contributed by atoms with E-state index in [-0.39, 0.29) is 11.7 Å². The predicted octanol–water partition coefficient (Wildman–Crippen LogP) is 2.79. The number of aryl methyl sites for hydroxylation is 2. The van der Waals surface area contributed by atoms with Gasteiger partial charge in [0.15, 0.2) is 0 Å². The molecule has 0 aliphatic rings. The van der Waals surface area contributed by atoms with Crippen molar-refractivity contribution < 1.29 is 9.59 Å². The van der Waals surface area contributed by atoms with Crippen molar-refractivity contribution in [2.45, 2.75) is 25.8 Å². The monoisotopic (exact) mass is 317 g/mol. The van der Waals surface area contributed by atoms with E-state index in [0.717, 1.165) is 27.1 Å². The van der Waals surface area contributed by atoms with Crippen LogP contribution >= 0.6 is 11.8 Å². The van der Waals surface area contributed by atoms with Crippen LogP contribution in [0.25, 0.3) is 10.9 Å². The molecule has 0 aliphatic heterocycles. The normalized spacial score (nSPS) is 10.5.